The smallest absolute Gasteiger partial charge is 0.265 e. The van der Waals surface area contributed by atoms with E-state index in [0.717, 1.165) is 39.1 Å². The van der Waals surface area contributed by atoms with Crippen LogP contribution in [0.5, 0.6) is 0 Å². The van der Waals surface area contributed by atoms with Crippen molar-refractivity contribution in [1.29, 1.82) is 0 Å². The summed E-state index contributed by atoms with van der Waals surface area (Å²) in [6.45, 7) is 7.28. The molecule has 1 aliphatic heterocycles. The summed E-state index contributed by atoms with van der Waals surface area (Å²) in [4.78, 5) is 16.8. The standard InChI is InChI=1S/C18H30N4O/c1-3-4-5-6-11-19-20-18(23)16-7-9-17(10-8-16)22-14-12-21(2)13-15-22/h7-10,19H,3-6,11-15H2,1-2H3,(H,20,23). The summed E-state index contributed by atoms with van der Waals surface area (Å²) in [5.41, 5.74) is 7.68. The van der Waals surface area contributed by atoms with Crippen molar-refractivity contribution in [3.05, 3.63) is 29.8 Å². The number of carbonyl (C=O) groups is 1. The molecule has 0 aromatic heterocycles. The molecule has 5 nitrogen and oxygen atoms in total. The van der Waals surface area contributed by atoms with Crippen LogP contribution >= 0.6 is 0 Å². The first-order valence-electron chi connectivity index (χ1n) is 8.77. The molecule has 1 heterocycles. The number of carbonyl (C=O) groups excluding carboxylic acids is 1. The van der Waals surface area contributed by atoms with E-state index >= 15 is 0 Å². The lowest BCUT2D eigenvalue weighted by atomic mass is 10.1. The van der Waals surface area contributed by atoms with Gasteiger partial charge in [-0.1, -0.05) is 26.2 Å². The molecule has 2 N–H and O–H groups in total. The van der Waals surface area contributed by atoms with E-state index in [1.807, 2.05) is 24.3 Å². The van der Waals surface area contributed by atoms with Gasteiger partial charge in [-0.3, -0.25) is 10.2 Å². The van der Waals surface area contributed by atoms with Gasteiger partial charge < -0.3 is 9.80 Å². The highest BCUT2D eigenvalue weighted by Crippen LogP contribution is 2.16. The quantitative estimate of drug-likeness (QED) is 0.570. The van der Waals surface area contributed by atoms with Crippen LogP contribution in [0.4, 0.5) is 5.69 Å². The molecule has 0 bridgehead atoms. The summed E-state index contributed by atoms with van der Waals surface area (Å²) >= 11 is 0. The van der Waals surface area contributed by atoms with E-state index < -0.39 is 0 Å². The third-order valence-electron chi connectivity index (χ3n) is 4.36. The molecule has 0 aliphatic carbocycles. The van der Waals surface area contributed by atoms with Crippen molar-refractivity contribution in [2.24, 2.45) is 0 Å². The molecule has 0 spiro atoms. The lowest BCUT2D eigenvalue weighted by Crippen LogP contribution is -2.44. The average Bonchev–Trinajstić information content (AvgIpc) is 2.58. The fraction of sp³-hybridized carbons (Fsp3) is 0.611. The topological polar surface area (TPSA) is 47.6 Å². The lowest BCUT2D eigenvalue weighted by Gasteiger charge is -2.34. The first-order chi connectivity index (χ1) is 11.2. The molecule has 5 heteroatoms. The lowest BCUT2D eigenvalue weighted by molar-refractivity contribution is 0.0933. The van der Waals surface area contributed by atoms with E-state index in [0.29, 0.717) is 5.56 Å². The number of benzene rings is 1. The summed E-state index contributed by atoms with van der Waals surface area (Å²) < 4.78 is 0. The molecule has 0 atom stereocenters. The van der Waals surface area contributed by atoms with Crippen LogP contribution in [0.3, 0.4) is 0 Å². The van der Waals surface area contributed by atoms with Crippen LogP contribution in [0.25, 0.3) is 0 Å². The van der Waals surface area contributed by atoms with Gasteiger partial charge in [0, 0.05) is 44.0 Å². The molecule has 0 radical (unpaired) electrons. The molecule has 1 aliphatic rings. The van der Waals surface area contributed by atoms with Gasteiger partial charge in [0.15, 0.2) is 0 Å². The number of rotatable bonds is 8. The number of hydrazine groups is 1. The number of nitrogens with zero attached hydrogens (tertiary/aromatic N) is 2. The van der Waals surface area contributed by atoms with Gasteiger partial charge in [0.25, 0.3) is 5.91 Å². The van der Waals surface area contributed by atoms with Crippen LogP contribution in [0.2, 0.25) is 0 Å². The Morgan fingerprint density at radius 1 is 1.04 bits per heavy atom. The molecule has 1 amide bonds. The molecule has 1 aromatic rings. The van der Waals surface area contributed by atoms with Gasteiger partial charge in [0.05, 0.1) is 0 Å². The second-order valence-electron chi connectivity index (χ2n) is 6.28. The molecule has 1 aromatic carbocycles. The Morgan fingerprint density at radius 3 is 2.39 bits per heavy atom. The summed E-state index contributed by atoms with van der Waals surface area (Å²) in [7, 11) is 2.15. The van der Waals surface area contributed by atoms with Gasteiger partial charge in [0.1, 0.15) is 0 Å². The molecular weight excluding hydrogens is 288 g/mol. The SMILES string of the molecule is CCCCCCNNC(=O)c1ccc(N2CCN(C)CC2)cc1. The van der Waals surface area contributed by atoms with E-state index in [4.69, 9.17) is 0 Å². The zero-order valence-electron chi connectivity index (χ0n) is 14.5. The fourth-order valence-corrected chi connectivity index (χ4v) is 2.74. The van der Waals surface area contributed by atoms with Crippen molar-refractivity contribution in [1.82, 2.24) is 15.8 Å². The van der Waals surface area contributed by atoms with Gasteiger partial charge in [-0.15, -0.1) is 0 Å². The minimum atomic E-state index is -0.0644. The number of unbranched alkanes of at least 4 members (excludes halogenated alkanes) is 3. The number of nitrogens with one attached hydrogen (secondary N) is 2. The van der Waals surface area contributed by atoms with Crippen molar-refractivity contribution in [3.8, 4) is 0 Å². The highest BCUT2D eigenvalue weighted by atomic mass is 16.2. The Balaban J connectivity index is 1.74. The van der Waals surface area contributed by atoms with Gasteiger partial charge in [-0.25, -0.2) is 5.43 Å². The van der Waals surface area contributed by atoms with Crippen LogP contribution in [-0.4, -0.2) is 50.6 Å². The maximum Gasteiger partial charge on any atom is 0.265 e. The van der Waals surface area contributed by atoms with E-state index in [9.17, 15) is 4.79 Å². The van der Waals surface area contributed by atoms with E-state index in [2.05, 4.69) is 34.6 Å². The summed E-state index contributed by atoms with van der Waals surface area (Å²) in [6, 6.07) is 7.90. The summed E-state index contributed by atoms with van der Waals surface area (Å²) in [5.74, 6) is -0.0644. The zero-order chi connectivity index (χ0) is 16.5. The van der Waals surface area contributed by atoms with Crippen LogP contribution in [0.15, 0.2) is 24.3 Å². The molecule has 0 unspecified atom stereocenters. The molecule has 1 saturated heterocycles. The van der Waals surface area contributed by atoms with Crippen molar-refractivity contribution < 1.29 is 4.79 Å². The van der Waals surface area contributed by atoms with Crippen molar-refractivity contribution in [3.63, 3.8) is 0 Å². The van der Waals surface area contributed by atoms with E-state index in [1.54, 1.807) is 0 Å². The van der Waals surface area contributed by atoms with Crippen LogP contribution in [0.1, 0.15) is 43.0 Å². The Morgan fingerprint density at radius 2 is 1.74 bits per heavy atom. The molecule has 1 fully saturated rings. The Labute approximate surface area is 140 Å². The van der Waals surface area contributed by atoms with Gasteiger partial charge in [-0.2, -0.15) is 0 Å². The largest absolute Gasteiger partial charge is 0.369 e. The van der Waals surface area contributed by atoms with Crippen molar-refractivity contribution in [2.45, 2.75) is 32.6 Å². The van der Waals surface area contributed by atoms with Gasteiger partial charge >= 0.3 is 0 Å². The fourth-order valence-electron chi connectivity index (χ4n) is 2.74. The molecule has 128 valence electrons. The second kappa shape index (κ2) is 9.53. The Hall–Kier alpha value is -1.59. The maximum absolute atomic E-state index is 12.1. The highest BCUT2D eigenvalue weighted by molar-refractivity contribution is 5.94. The van der Waals surface area contributed by atoms with Gasteiger partial charge in [0.2, 0.25) is 0 Å². The monoisotopic (exact) mass is 318 g/mol. The predicted octanol–water partition coefficient (Wildman–Crippen LogP) is 2.25. The molecular formula is C18H30N4O. The third kappa shape index (κ3) is 5.84. The first kappa shape index (κ1) is 17.8. The molecule has 2 rings (SSSR count). The van der Waals surface area contributed by atoms with Crippen LogP contribution < -0.4 is 15.8 Å². The average molecular weight is 318 g/mol. The van der Waals surface area contributed by atoms with E-state index in [-0.39, 0.29) is 5.91 Å². The number of hydrogen-bond acceptors (Lipinski definition) is 4. The molecule has 0 saturated carbocycles. The van der Waals surface area contributed by atoms with Crippen LogP contribution in [0, 0.1) is 0 Å². The predicted molar refractivity (Wildman–Crippen MR) is 95.8 cm³/mol. The minimum Gasteiger partial charge on any atom is -0.369 e. The van der Waals surface area contributed by atoms with E-state index in [1.165, 1.54) is 24.9 Å². The number of amides is 1. The number of anilines is 1. The Kier molecular flexibility index (Phi) is 7.36. The summed E-state index contributed by atoms with van der Waals surface area (Å²) in [6.07, 6.45) is 4.78. The normalized spacial score (nSPS) is 15.7. The summed E-state index contributed by atoms with van der Waals surface area (Å²) in [5, 5.41) is 0. The van der Waals surface area contributed by atoms with Crippen molar-refractivity contribution in [2.75, 3.05) is 44.7 Å². The van der Waals surface area contributed by atoms with Crippen molar-refractivity contribution >= 4 is 11.6 Å². The first-order valence-corrected chi connectivity index (χ1v) is 8.77. The Bertz CT molecular complexity index is 466. The number of piperazine rings is 1. The minimum absolute atomic E-state index is 0.0644. The maximum atomic E-state index is 12.1. The number of hydrogen-bond donors (Lipinski definition) is 2. The molecule has 23 heavy (non-hydrogen) atoms. The highest BCUT2D eigenvalue weighted by Gasteiger charge is 2.14. The second-order valence-corrected chi connectivity index (χ2v) is 6.28. The van der Waals surface area contributed by atoms with Gasteiger partial charge in [-0.05, 0) is 37.7 Å². The third-order valence-corrected chi connectivity index (χ3v) is 4.36. The zero-order valence-corrected chi connectivity index (χ0v) is 14.5. The van der Waals surface area contributed by atoms with Crippen LogP contribution in [-0.2, 0) is 0 Å². The number of likely N-dealkylation sites (N-methyl/N-ethyl adjacent to an activating group) is 1.